The van der Waals surface area contributed by atoms with Crippen LogP contribution in [-0.2, 0) is 17.5 Å². The maximum absolute atomic E-state index is 13.1. The molecule has 0 aliphatic carbocycles. The summed E-state index contributed by atoms with van der Waals surface area (Å²) in [5.41, 5.74) is -0.239. The van der Waals surface area contributed by atoms with Crippen LogP contribution < -0.4 is 5.32 Å². The Hall–Kier alpha value is -3.76. The second kappa shape index (κ2) is 8.30. The summed E-state index contributed by atoms with van der Waals surface area (Å²) < 4.78 is 40.3. The SMILES string of the molecule is CC(C)C[C@@H](C(=O)NCc1nnc2ccc(C(F)(F)F)cn12)N1C(=O)c2ccccc2C1=O. The summed E-state index contributed by atoms with van der Waals surface area (Å²) in [6.07, 6.45) is -3.48. The van der Waals surface area contributed by atoms with Crippen molar-refractivity contribution in [2.45, 2.75) is 39.0 Å². The van der Waals surface area contributed by atoms with Crippen LogP contribution in [0.3, 0.4) is 0 Å². The number of hydrogen-bond acceptors (Lipinski definition) is 5. The van der Waals surface area contributed by atoms with Gasteiger partial charge in [-0.15, -0.1) is 10.2 Å². The first-order valence-electron chi connectivity index (χ1n) is 10.2. The van der Waals surface area contributed by atoms with Crippen molar-refractivity contribution in [2.24, 2.45) is 5.92 Å². The van der Waals surface area contributed by atoms with Gasteiger partial charge in [-0.25, -0.2) is 0 Å². The highest BCUT2D eigenvalue weighted by molar-refractivity contribution is 6.22. The van der Waals surface area contributed by atoms with Gasteiger partial charge < -0.3 is 5.32 Å². The van der Waals surface area contributed by atoms with E-state index in [1.54, 1.807) is 12.1 Å². The van der Waals surface area contributed by atoms with Crippen LogP contribution in [0, 0.1) is 5.92 Å². The molecule has 3 amide bonds. The first kappa shape index (κ1) is 22.4. The van der Waals surface area contributed by atoms with Gasteiger partial charge in [0.2, 0.25) is 5.91 Å². The summed E-state index contributed by atoms with van der Waals surface area (Å²) in [6.45, 7) is 3.46. The zero-order valence-corrected chi connectivity index (χ0v) is 17.8. The minimum atomic E-state index is -4.55. The molecule has 1 aromatic carbocycles. The summed E-state index contributed by atoms with van der Waals surface area (Å²) in [4.78, 5) is 39.8. The van der Waals surface area contributed by atoms with Crippen molar-refractivity contribution in [2.75, 3.05) is 0 Å². The van der Waals surface area contributed by atoms with E-state index in [9.17, 15) is 27.6 Å². The number of pyridine rings is 1. The molecule has 1 atom stereocenters. The molecule has 8 nitrogen and oxygen atoms in total. The zero-order valence-electron chi connectivity index (χ0n) is 17.8. The third kappa shape index (κ3) is 4.18. The summed E-state index contributed by atoms with van der Waals surface area (Å²) in [6, 6.07) is 7.32. The molecule has 11 heteroatoms. The number of hydrogen-bond donors (Lipinski definition) is 1. The van der Waals surface area contributed by atoms with Gasteiger partial charge in [0.1, 0.15) is 6.04 Å². The van der Waals surface area contributed by atoms with E-state index in [0.717, 1.165) is 21.6 Å². The molecule has 2 aromatic heterocycles. The largest absolute Gasteiger partial charge is 0.417 e. The number of nitrogens with one attached hydrogen (secondary N) is 1. The van der Waals surface area contributed by atoms with Crippen molar-refractivity contribution in [1.82, 2.24) is 24.8 Å². The molecule has 0 radical (unpaired) electrons. The van der Waals surface area contributed by atoms with Crippen LogP contribution in [-0.4, -0.2) is 43.3 Å². The van der Waals surface area contributed by atoms with E-state index >= 15 is 0 Å². The Labute approximate surface area is 186 Å². The van der Waals surface area contributed by atoms with Crippen LogP contribution in [0.25, 0.3) is 5.65 Å². The van der Waals surface area contributed by atoms with E-state index in [0.29, 0.717) is 0 Å². The quantitative estimate of drug-likeness (QED) is 0.572. The molecule has 0 unspecified atom stereocenters. The van der Waals surface area contributed by atoms with Gasteiger partial charge >= 0.3 is 6.18 Å². The predicted molar refractivity (Wildman–Crippen MR) is 110 cm³/mol. The third-order valence-corrected chi connectivity index (χ3v) is 5.36. The number of carbonyl (C=O) groups excluding carboxylic acids is 3. The number of alkyl halides is 3. The van der Waals surface area contributed by atoms with E-state index in [1.165, 1.54) is 18.2 Å². The van der Waals surface area contributed by atoms with Crippen molar-refractivity contribution < 1.29 is 27.6 Å². The van der Waals surface area contributed by atoms with Gasteiger partial charge in [0.05, 0.1) is 23.2 Å². The molecule has 33 heavy (non-hydrogen) atoms. The summed E-state index contributed by atoms with van der Waals surface area (Å²) in [5, 5.41) is 10.3. The van der Waals surface area contributed by atoms with Gasteiger partial charge in [-0.1, -0.05) is 26.0 Å². The summed E-state index contributed by atoms with van der Waals surface area (Å²) in [7, 11) is 0. The standard InChI is InChI=1S/C22H20F3N5O3/c1-12(2)9-16(30-20(32)14-5-3-4-6-15(14)21(30)33)19(31)26-10-18-28-27-17-8-7-13(11-29(17)18)22(23,24)25/h3-8,11-12,16H,9-10H2,1-2H3,(H,26,31)/t16-/m0/s1. The molecule has 4 rings (SSSR count). The maximum atomic E-state index is 13.1. The highest BCUT2D eigenvalue weighted by Gasteiger charge is 2.42. The normalized spacial score (nSPS) is 14.8. The maximum Gasteiger partial charge on any atom is 0.417 e. The Balaban J connectivity index is 1.57. The molecule has 1 N–H and O–H groups in total. The van der Waals surface area contributed by atoms with Crippen molar-refractivity contribution in [3.63, 3.8) is 0 Å². The Morgan fingerprint density at radius 1 is 1.03 bits per heavy atom. The molecule has 1 aliphatic heterocycles. The van der Waals surface area contributed by atoms with Gasteiger partial charge in [0.25, 0.3) is 11.8 Å². The predicted octanol–water partition coefficient (Wildman–Crippen LogP) is 3.08. The minimum Gasteiger partial charge on any atom is -0.347 e. The lowest BCUT2D eigenvalue weighted by atomic mass is 10.0. The molecule has 3 aromatic rings. The van der Waals surface area contributed by atoms with Crippen LogP contribution in [0.4, 0.5) is 13.2 Å². The number of amides is 3. The molecule has 0 fully saturated rings. The molecule has 3 heterocycles. The lowest BCUT2D eigenvalue weighted by Gasteiger charge is -2.26. The molecular formula is C22H20F3N5O3. The van der Waals surface area contributed by atoms with E-state index < -0.39 is 35.5 Å². The minimum absolute atomic E-state index is 0.0201. The van der Waals surface area contributed by atoms with Gasteiger partial charge in [-0.05, 0) is 36.6 Å². The highest BCUT2D eigenvalue weighted by atomic mass is 19.4. The van der Waals surface area contributed by atoms with Crippen molar-refractivity contribution in [1.29, 1.82) is 0 Å². The van der Waals surface area contributed by atoms with Crippen LogP contribution in [0.15, 0.2) is 42.6 Å². The zero-order chi connectivity index (χ0) is 23.9. The topological polar surface area (TPSA) is 96.7 Å². The third-order valence-electron chi connectivity index (χ3n) is 5.36. The second-order valence-corrected chi connectivity index (χ2v) is 8.15. The van der Waals surface area contributed by atoms with Gasteiger partial charge in [0, 0.05) is 6.20 Å². The number of fused-ring (bicyclic) bond motifs is 2. The van der Waals surface area contributed by atoms with E-state index in [2.05, 4.69) is 15.5 Å². The average molecular weight is 459 g/mol. The van der Waals surface area contributed by atoms with Crippen molar-refractivity contribution in [3.05, 3.63) is 65.1 Å². The number of rotatable bonds is 6. The molecule has 0 spiro atoms. The van der Waals surface area contributed by atoms with Gasteiger partial charge in [-0.3, -0.25) is 23.7 Å². The Bertz CT molecular complexity index is 1220. The lowest BCUT2D eigenvalue weighted by molar-refractivity contribution is -0.137. The fraction of sp³-hybridized carbons (Fsp3) is 0.318. The molecule has 1 aliphatic rings. The first-order chi connectivity index (χ1) is 15.6. The molecule has 0 bridgehead atoms. The summed E-state index contributed by atoms with van der Waals surface area (Å²) in [5.74, 6) is -1.66. The number of nitrogens with zero attached hydrogens (tertiary/aromatic N) is 4. The number of aromatic nitrogens is 3. The molecular weight excluding hydrogens is 439 g/mol. The highest BCUT2D eigenvalue weighted by Crippen LogP contribution is 2.29. The summed E-state index contributed by atoms with van der Waals surface area (Å²) >= 11 is 0. The number of halogens is 3. The van der Waals surface area contributed by atoms with Crippen LogP contribution >= 0.6 is 0 Å². The van der Waals surface area contributed by atoms with Crippen molar-refractivity contribution >= 4 is 23.4 Å². The van der Waals surface area contributed by atoms with E-state index in [4.69, 9.17) is 0 Å². The van der Waals surface area contributed by atoms with Gasteiger partial charge in [0.15, 0.2) is 11.5 Å². The first-order valence-corrected chi connectivity index (χ1v) is 10.2. The molecule has 0 saturated carbocycles. The molecule has 172 valence electrons. The van der Waals surface area contributed by atoms with Crippen LogP contribution in [0.5, 0.6) is 0 Å². The fourth-order valence-electron chi connectivity index (χ4n) is 3.78. The smallest absolute Gasteiger partial charge is 0.347 e. The second-order valence-electron chi connectivity index (χ2n) is 8.15. The van der Waals surface area contributed by atoms with Gasteiger partial charge in [-0.2, -0.15) is 13.2 Å². The number of imide groups is 1. The monoisotopic (exact) mass is 459 g/mol. The van der Waals surface area contributed by atoms with Crippen molar-refractivity contribution in [3.8, 4) is 0 Å². The number of benzene rings is 1. The Kier molecular flexibility index (Phi) is 5.64. The van der Waals surface area contributed by atoms with Crippen LogP contribution in [0.2, 0.25) is 0 Å². The van der Waals surface area contributed by atoms with E-state index in [1.807, 2.05) is 13.8 Å². The fourth-order valence-corrected chi connectivity index (χ4v) is 3.78. The lowest BCUT2D eigenvalue weighted by Crippen LogP contribution is -2.50. The Morgan fingerprint density at radius 3 is 2.24 bits per heavy atom. The Morgan fingerprint density at radius 2 is 1.67 bits per heavy atom. The average Bonchev–Trinajstić information content (AvgIpc) is 3.28. The van der Waals surface area contributed by atoms with Crippen LogP contribution in [0.1, 0.15) is 52.4 Å². The number of carbonyl (C=O) groups is 3. The van der Waals surface area contributed by atoms with E-state index in [-0.39, 0.29) is 41.5 Å². The molecule has 0 saturated heterocycles.